The van der Waals surface area contributed by atoms with E-state index in [1.54, 1.807) is 12.1 Å². The number of rotatable bonds is 11. The number of alkyl halides is 4. The highest BCUT2D eigenvalue weighted by atomic mass is 19.3. The van der Waals surface area contributed by atoms with Crippen LogP contribution in [0.15, 0.2) is 109 Å². The van der Waals surface area contributed by atoms with Gasteiger partial charge in [-0.05, 0) is 95.6 Å². The van der Waals surface area contributed by atoms with Gasteiger partial charge in [-0.1, -0.05) is 66.7 Å². The van der Waals surface area contributed by atoms with Crippen molar-refractivity contribution >= 4 is 0 Å². The van der Waals surface area contributed by atoms with Gasteiger partial charge in [-0.15, -0.1) is 0 Å². The SMILES string of the molecule is C/C=C/CCc1ccc(-c2ccc(C(F)(F)Oc3ccc(-c4ccc(-c5cc(F)c(OC(F)F)c(F)c5)c(F)c4)cc3)c(F)c2)cc1. The molecule has 0 saturated heterocycles. The molecule has 0 radical (unpaired) electrons. The molecule has 0 atom stereocenters. The van der Waals surface area contributed by atoms with Crippen LogP contribution in [0.25, 0.3) is 33.4 Å². The summed E-state index contributed by atoms with van der Waals surface area (Å²) in [6, 6.07) is 21.0. The van der Waals surface area contributed by atoms with Crippen molar-refractivity contribution in [2.75, 3.05) is 0 Å². The molecule has 5 rings (SSSR count). The maximum absolute atomic E-state index is 15.0. The van der Waals surface area contributed by atoms with E-state index in [9.17, 15) is 26.3 Å². The number of allylic oxidation sites excluding steroid dienone is 2. The molecule has 0 heterocycles. The first-order valence-electron chi connectivity index (χ1n) is 14.4. The van der Waals surface area contributed by atoms with E-state index in [1.165, 1.54) is 42.5 Å². The average Bonchev–Trinajstić information content (AvgIpc) is 3.03. The molecule has 0 spiro atoms. The molecule has 0 N–H and O–H groups in total. The van der Waals surface area contributed by atoms with Gasteiger partial charge in [0.15, 0.2) is 17.4 Å². The summed E-state index contributed by atoms with van der Waals surface area (Å²) in [6.45, 7) is -1.51. The van der Waals surface area contributed by atoms with Crippen molar-refractivity contribution in [1.29, 1.82) is 0 Å². The molecule has 0 bridgehead atoms. The standard InChI is InChI=1S/C37H26F8O2/c1-2-3-4-5-22-6-8-23(9-7-22)26-13-17-30(32(39)19-26)37(44,45)47-28-14-10-24(11-15-28)25-12-16-29(31(38)18-25)27-20-33(40)35(34(41)21-27)46-36(42)43/h2-3,6-21,36H,4-5H2,1H3/b3-2+. The van der Waals surface area contributed by atoms with Gasteiger partial charge in [0.1, 0.15) is 17.4 Å². The van der Waals surface area contributed by atoms with E-state index in [1.807, 2.05) is 25.1 Å². The second-order valence-electron chi connectivity index (χ2n) is 10.5. The average molecular weight is 655 g/mol. The molecule has 242 valence electrons. The second kappa shape index (κ2) is 14.1. The summed E-state index contributed by atoms with van der Waals surface area (Å²) in [5.74, 6) is -6.49. The third kappa shape index (κ3) is 7.82. The van der Waals surface area contributed by atoms with Crippen molar-refractivity contribution < 1.29 is 44.6 Å². The maximum atomic E-state index is 15.0. The predicted molar refractivity (Wildman–Crippen MR) is 163 cm³/mol. The zero-order valence-electron chi connectivity index (χ0n) is 24.7. The number of hydrogen-bond acceptors (Lipinski definition) is 2. The molecule has 0 amide bonds. The van der Waals surface area contributed by atoms with Crippen LogP contribution >= 0.6 is 0 Å². The molecule has 47 heavy (non-hydrogen) atoms. The highest BCUT2D eigenvalue weighted by Crippen LogP contribution is 2.37. The Bertz CT molecular complexity index is 1860. The second-order valence-corrected chi connectivity index (χ2v) is 10.5. The third-order valence-corrected chi connectivity index (χ3v) is 7.32. The molecule has 2 nitrogen and oxygen atoms in total. The van der Waals surface area contributed by atoms with Crippen LogP contribution in [0.4, 0.5) is 35.1 Å². The minimum absolute atomic E-state index is 0.222. The van der Waals surface area contributed by atoms with Crippen LogP contribution in [0.1, 0.15) is 24.5 Å². The Morgan fingerprint density at radius 2 is 1.17 bits per heavy atom. The molecule has 5 aromatic carbocycles. The van der Waals surface area contributed by atoms with Crippen LogP contribution in [-0.4, -0.2) is 6.61 Å². The predicted octanol–water partition coefficient (Wildman–Crippen LogP) is 11.5. The van der Waals surface area contributed by atoms with Crippen LogP contribution in [0, 0.1) is 23.3 Å². The van der Waals surface area contributed by atoms with Gasteiger partial charge in [0.2, 0.25) is 0 Å². The summed E-state index contributed by atoms with van der Waals surface area (Å²) in [5.41, 5.74) is 1.43. The fourth-order valence-corrected chi connectivity index (χ4v) is 4.98. The monoisotopic (exact) mass is 654 g/mol. The minimum Gasteiger partial charge on any atom is -0.429 e. The zero-order chi connectivity index (χ0) is 33.7. The zero-order valence-corrected chi connectivity index (χ0v) is 24.7. The van der Waals surface area contributed by atoms with Crippen molar-refractivity contribution in [3.8, 4) is 44.9 Å². The Labute approximate surface area is 265 Å². The van der Waals surface area contributed by atoms with E-state index in [0.717, 1.165) is 36.6 Å². The van der Waals surface area contributed by atoms with Crippen LogP contribution < -0.4 is 9.47 Å². The summed E-state index contributed by atoms with van der Waals surface area (Å²) in [5, 5.41) is 0. The third-order valence-electron chi connectivity index (χ3n) is 7.32. The topological polar surface area (TPSA) is 18.5 Å². The number of halogens is 8. The summed E-state index contributed by atoms with van der Waals surface area (Å²) < 4.78 is 122. The number of hydrogen-bond donors (Lipinski definition) is 0. The fourth-order valence-electron chi connectivity index (χ4n) is 4.98. The van der Waals surface area contributed by atoms with Crippen molar-refractivity contribution in [2.45, 2.75) is 32.5 Å². The lowest BCUT2D eigenvalue weighted by Gasteiger charge is -2.19. The number of ether oxygens (including phenoxy) is 2. The molecule has 5 aromatic rings. The lowest BCUT2D eigenvalue weighted by Crippen LogP contribution is -2.23. The molecule has 0 aliphatic heterocycles. The van der Waals surface area contributed by atoms with Gasteiger partial charge in [0.25, 0.3) is 0 Å². The van der Waals surface area contributed by atoms with Crippen molar-refractivity contribution in [3.63, 3.8) is 0 Å². The molecule has 10 heteroatoms. The normalized spacial score (nSPS) is 11.8. The molecular formula is C37H26F8O2. The lowest BCUT2D eigenvalue weighted by atomic mass is 9.99. The van der Waals surface area contributed by atoms with Gasteiger partial charge in [-0.25, -0.2) is 17.6 Å². The van der Waals surface area contributed by atoms with Gasteiger partial charge < -0.3 is 9.47 Å². The molecule has 0 unspecified atom stereocenters. The van der Waals surface area contributed by atoms with Crippen molar-refractivity contribution in [2.24, 2.45) is 0 Å². The fraction of sp³-hybridized carbons (Fsp3) is 0.135. The largest absolute Gasteiger partial charge is 0.429 e. The first-order valence-corrected chi connectivity index (χ1v) is 14.4. The van der Waals surface area contributed by atoms with Crippen LogP contribution in [0.5, 0.6) is 11.5 Å². The molecule has 0 fully saturated rings. The Hall–Kier alpha value is -5.12. The Morgan fingerprint density at radius 3 is 1.72 bits per heavy atom. The quantitative estimate of drug-likeness (QED) is 0.104. The molecule has 0 saturated carbocycles. The molecule has 0 aliphatic carbocycles. The molecule has 0 aromatic heterocycles. The smallest absolute Gasteiger partial charge is 0.429 e. The molecular weight excluding hydrogens is 628 g/mol. The number of benzene rings is 5. The number of aryl methyl sites for hydroxylation is 1. The highest BCUT2D eigenvalue weighted by molar-refractivity contribution is 5.72. The van der Waals surface area contributed by atoms with Crippen molar-refractivity contribution in [3.05, 3.63) is 144 Å². The van der Waals surface area contributed by atoms with E-state index < -0.39 is 47.3 Å². The minimum atomic E-state index is -4.02. The Kier molecular flexibility index (Phi) is 9.98. The van der Waals surface area contributed by atoms with Crippen LogP contribution in [0.3, 0.4) is 0 Å². The van der Waals surface area contributed by atoms with Gasteiger partial charge in [-0.2, -0.15) is 17.6 Å². The van der Waals surface area contributed by atoms with Gasteiger partial charge >= 0.3 is 12.7 Å². The van der Waals surface area contributed by atoms with Crippen LogP contribution in [0.2, 0.25) is 0 Å². The summed E-state index contributed by atoms with van der Waals surface area (Å²) >= 11 is 0. The van der Waals surface area contributed by atoms with Crippen LogP contribution in [-0.2, 0) is 12.5 Å². The van der Waals surface area contributed by atoms with E-state index >= 15 is 8.78 Å². The van der Waals surface area contributed by atoms with Gasteiger partial charge in [0.05, 0.1) is 5.56 Å². The van der Waals surface area contributed by atoms with E-state index in [0.29, 0.717) is 28.8 Å². The van der Waals surface area contributed by atoms with Gasteiger partial charge in [0, 0.05) is 5.56 Å². The van der Waals surface area contributed by atoms with E-state index in [2.05, 4.69) is 10.8 Å². The lowest BCUT2D eigenvalue weighted by molar-refractivity contribution is -0.187. The van der Waals surface area contributed by atoms with E-state index in [4.69, 9.17) is 4.74 Å². The summed E-state index contributed by atoms with van der Waals surface area (Å²) in [6.07, 6.45) is 1.73. The first-order chi connectivity index (χ1) is 22.4. The van der Waals surface area contributed by atoms with Crippen molar-refractivity contribution in [1.82, 2.24) is 0 Å². The van der Waals surface area contributed by atoms with E-state index in [-0.39, 0.29) is 22.4 Å². The van der Waals surface area contributed by atoms with Gasteiger partial charge in [-0.3, -0.25) is 0 Å². The Balaban J connectivity index is 1.28. The highest BCUT2D eigenvalue weighted by Gasteiger charge is 2.37. The Morgan fingerprint density at radius 1 is 0.638 bits per heavy atom. The maximum Gasteiger partial charge on any atom is 0.429 e. The summed E-state index contributed by atoms with van der Waals surface area (Å²) in [7, 11) is 0. The summed E-state index contributed by atoms with van der Waals surface area (Å²) in [4.78, 5) is 0. The molecule has 0 aliphatic rings. The first kappa shape index (κ1) is 33.2.